The zero-order chi connectivity index (χ0) is 13.4. The number of nitrogens with two attached hydrogens (primary N) is 1. The van der Waals surface area contributed by atoms with Crippen molar-refractivity contribution in [2.24, 2.45) is 0 Å². The summed E-state index contributed by atoms with van der Waals surface area (Å²) in [5.41, 5.74) is 9.28. The molecule has 6 nitrogen and oxygen atoms in total. The van der Waals surface area contributed by atoms with Gasteiger partial charge in [-0.2, -0.15) is 0 Å². The molecule has 3 rings (SSSR count). The first-order valence-electron chi connectivity index (χ1n) is 5.83. The van der Waals surface area contributed by atoms with Gasteiger partial charge in [0, 0.05) is 35.0 Å². The van der Waals surface area contributed by atoms with Gasteiger partial charge < -0.3 is 21.4 Å². The fourth-order valence-electron chi connectivity index (χ4n) is 2.13. The second-order valence-corrected chi connectivity index (χ2v) is 4.32. The van der Waals surface area contributed by atoms with Crippen LogP contribution in [0.5, 0.6) is 0 Å². The monoisotopic (exact) mass is 255 g/mol. The van der Waals surface area contributed by atoms with Gasteiger partial charge in [0.1, 0.15) is 0 Å². The Bertz CT molecular complexity index is 672. The van der Waals surface area contributed by atoms with Gasteiger partial charge in [-0.25, -0.2) is 4.98 Å². The van der Waals surface area contributed by atoms with Crippen molar-refractivity contribution < 1.29 is 4.79 Å². The van der Waals surface area contributed by atoms with E-state index in [0.717, 1.165) is 16.9 Å². The summed E-state index contributed by atoms with van der Waals surface area (Å²) < 4.78 is 0. The van der Waals surface area contributed by atoms with Crippen LogP contribution in [0.3, 0.4) is 0 Å². The molecule has 1 aliphatic heterocycles. The molecule has 1 amide bonds. The molecule has 0 saturated carbocycles. The summed E-state index contributed by atoms with van der Waals surface area (Å²) in [6.07, 6.45) is 3.35. The smallest absolute Gasteiger partial charge is 0.258 e. The van der Waals surface area contributed by atoms with Crippen molar-refractivity contribution >= 4 is 28.8 Å². The molecule has 2 aromatic rings. The quantitative estimate of drug-likeness (QED) is 0.486. The number of nitrogens with zero attached hydrogens (tertiary/aromatic N) is 1. The van der Waals surface area contributed by atoms with E-state index in [9.17, 15) is 4.79 Å². The van der Waals surface area contributed by atoms with Crippen LogP contribution in [0.2, 0.25) is 0 Å². The van der Waals surface area contributed by atoms with Crippen molar-refractivity contribution in [2.75, 3.05) is 16.4 Å². The van der Waals surface area contributed by atoms with Gasteiger partial charge >= 0.3 is 0 Å². The van der Waals surface area contributed by atoms with Crippen LogP contribution in [0.15, 0.2) is 36.3 Å². The van der Waals surface area contributed by atoms with Gasteiger partial charge in [-0.3, -0.25) is 4.79 Å². The first-order valence-corrected chi connectivity index (χ1v) is 5.83. The van der Waals surface area contributed by atoms with E-state index in [1.54, 1.807) is 30.6 Å². The number of imidazole rings is 1. The third kappa shape index (κ3) is 1.93. The average molecular weight is 255 g/mol. The number of aromatic nitrogens is 2. The lowest BCUT2D eigenvalue weighted by molar-refractivity contribution is -0.110. The van der Waals surface area contributed by atoms with E-state index in [2.05, 4.69) is 20.6 Å². The van der Waals surface area contributed by atoms with Crippen LogP contribution in [0.1, 0.15) is 12.5 Å². The number of nitrogens with one attached hydrogen (secondary N) is 3. The molecular weight excluding hydrogens is 242 g/mol. The lowest BCUT2D eigenvalue weighted by atomic mass is 10.0. The minimum atomic E-state index is -0.142. The zero-order valence-corrected chi connectivity index (χ0v) is 10.3. The number of nitrogen functional groups attached to an aromatic ring is 1. The van der Waals surface area contributed by atoms with E-state index in [1.165, 1.54) is 0 Å². The average Bonchev–Trinajstić information content (AvgIpc) is 2.95. The maximum atomic E-state index is 12.0. The molecule has 1 aromatic heterocycles. The number of aromatic amines is 1. The predicted molar refractivity (Wildman–Crippen MR) is 74.3 cm³/mol. The second kappa shape index (κ2) is 4.16. The number of allylic oxidation sites excluding steroid dienone is 1. The highest BCUT2D eigenvalue weighted by molar-refractivity contribution is 6.32. The summed E-state index contributed by atoms with van der Waals surface area (Å²) in [7, 11) is 0. The molecule has 0 spiro atoms. The molecule has 0 atom stereocenters. The Morgan fingerprint density at radius 1 is 1.42 bits per heavy atom. The number of rotatable bonds is 2. The van der Waals surface area contributed by atoms with Gasteiger partial charge in [-0.1, -0.05) is 0 Å². The van der Waals surface area contributed by atoms with Gasteiger partial charge in [0.25, 0.3) is 5.91 Å². The van der Waals surface area contributed by atoms with Crippen LogP contribution < -0.4 is 16.4 Å². The van der Waals surface area contributed by atoms with Crippen molar-refractivity contribution in [3.63, 3.8) is 0 Å². The number of benzene rings is 1. The highest BCUT2D eigenvalue weighted by Crippen LogP contribution is 2.35. The Hall–Kier alpha value is -2.76. The van der Waals surface area contributed by atoms with Crippen LogP contribution in [-0.4, -0.2) is 15.9 Å². The van der Waals surface area contributed by atoms with Gasteiger partial charge in [0.2, 0.25) is 5.95 Å². The summed E-state index contributed by atoms with van der Waals surface area (Å²) in [6.45, 7) is 1.83. The van der Waals surface area contributed by atoms with E-state index in [0.29, 0.717) is 17.2 Å². The van der Waals surface area contributed by atoms with Crippen LogP contribution in [-0.2, 0) is 4.79 Å². The maximum Gasteiger partial charge on any atom is 0.258 e. The molecule has 6 heteroatoms. The number of fused-ring (bicyclic) bond motifs is 1. The van der Waals surface area contributed by atoms with Gasteiger partial charge in [0.05, 0.1) is 5.57 Å². The molecule has 0 radical (unpaired) electrons. The van der Waals surface area contributed by atoms with E-state index >= 15 is 0 Å². The van der Waals surface area contributed by atoms with Gasteiger partial charge in [-0.15, -0.1) is 0 Å². The lowest BCUT2D eigenvalue weighted by Gasteiger charge is -2.07. The highest BCUT2D eigenvalue weighted by Gasteiger charge is 2.26. The Kier molecular flexibility index (Phi) is 2.49. The predicted octanol–water partition coefficient (Wildman–Crippen LogP) is 1.79. The number of amides is 1. The molecule has 5 N–H and O–H groups in total. The topological polar surface area (TPSA) is 95.8 Å². The van der Waals surface area contributed by atoms with Crippen LogP contribution >= 0.6 is 0 Å². The number of carbonyl (C=O) groups is 1. The summed E-state index contributed by atoms with van der Waals surface area (Å²) in [5, 5.41) is 5.88. The van der Waals surface area contributed by atoms with E-state index < -0.39 is 0 Å². The summed E-state index contributed by atoms with van der Waals surface area (Å²) in [5.74, 6) is 0.451. The van der Waals surface area contributed by atoms with Crippen molar-refractivity contribution in [1.29, 1.82) is 0 Å². The molecule has 0 bridgehead atoms. The van der Waals surface area contributed by atoms with Crippen LogP contribution in [0.4, 0.5) is 17.3 Å². The van der Waals surface area contributed by atoms with Crippen LogP contribution in [0.25, 0.3) is 5.57 Å². The van der Waals surface area contributed by atoms with Crippen molar-refractivity contribution in [3.05, 3.63) is 41.9 Å². The molecule has 1 aliphatic rings. The molecule has 0 unspecified atom stereocenters. The minimum Gasteiger partial charge on any atom is -0.399 e. The summed E-state index contributed by atoms with van der Waals surface area (Å²) in [4.78, 5) is 19.0. The molecule has 0 aliphatic carbocycles. The number of anilines is 3. The van der Waals surface area contributed by atoms with E-state index in [-0.39, 0.29) is 5.91 Å². The van der Waals surface area contributed by atoms with Crippen molar-refractivity contribution in [1.82, 2.24) is 9.97 Å². The first kappa shape index (κ1) is 11.3. The summed E-state index contributed by atoms with van der Waals surface area (Å²) >= 11 is 0. The Labute approximate surface area is 109 Å². The molecule has 2 heterocycles. The Balaban J connectivity index is 2.05. The molecular formula is C13H13N5O. The Morgan fingerprint density at radius 3 is 3.00 bits per heavy atom. The number of carbonyl (C=O) groups excluding carboxylic acids is 1. The maximum absolute atomic E-state index is 12.0. The molecule has 96 valence electrons. The normalized spacial score (nSPS) is 15.9. The zero-order valence-electron chi connectivity index (χ0n) is 10.3. The Morgan fingerprint density at radius 2 is 2.26 bits per heavy atom. The van der Waals surface area contributed by atoms with Crippen molar-refractivity contribution in [3.8, 4) is 0 Å². The largest absolute Gasteiger partial charge is 0.399 e. The first-order chi connectivity index (χ1) is 9.15. The molecule has 0 fully saturated rings. The van der Waals surface area contributed by atoms with E-state index in [1.807, 2.05) is 6.92 Å². The SMILES string of the molecule is C/C(Nc1ncc[nH]1)=C1/C(=O)Nc2ccc(N)cc21. The third-order valence-electron chi connectivity index (χ3n) is 2.97. The number of hydrogen-bond donors (Lipinski definition) is 4. The molecule has 19 heavy (non-hydrogen) atoms. The molecule has 1 aromatic carbocycles. The highest BCUT2D eigenvalue weighted by atomic mass is 16.2. The fraction of sp³-hybridized carbons (Fsp3) is 0.0769. The van der Waals surface area contributed by atoms with Gasteiger partial charge in [0.15, 0.2) is 0 Å². The second-order valence-electron chi connectivity index (χ2n) is 4.32. The van der Waals surface area contributed by atoms with Gasteiger partial charge in [-0.05, 0) is 25.1 Å². The third-order valence-corrected chi connectivity index (χ3v) is 2.97. The fourth-order valence-corrected chi connectivity index (χ4v) is 2.13. The standard InChI is InChI=1S/C13H13N5O/c1-7(17-13-15-4-5-16-13)11-9-6-8(14)2-3-10(9)18-12(11)19/h2-6H,14H2,1H3,(H,18,19)(H2,15,16,17)/b11-7-. The number of hydrogen-bond acceptors (Lipinski definition) is 4. The van der Waals surface area contributed by atoms with Crippen molar-refractivity contribution in [2.45, 2.75) is 6.92 Å². The lowest BCUT2D eigenvalue weighted by Crippen LogP contribution is -2.09. The minimum absolute atomic E-state index is 0.142. The van der Waals surface area contributed by atoms with Crippen LogP contribution in [0, 0.1) is 0 Å². The molecule has 0 saturated heterocycles. The summed E-state index contributed by atoms with van der Waals surface area (Å²) in [6, 6.07) is 5.35. The number of H-pyrrole nitrogens is 1. The van der Waals surface area contributed by atoms with E-state index in [4.69, 9.17) is 5.73 Å².